The lowest BCUT2D eigenvalue weighted by atomic mass is 10.1. The maximum atomic E-state index is 12.0. The molecule has 1 aromatic carbocycles. The summed E-state index contributed by atoms with van der Waals surface area (Å²) in [6.07, 6.45) is 0. The minimum absolute atomic E-state index is 0.144. The molecule has 0 aliphatic rings. The molecule has 0 saturated carbocycles. The summed E-state index contributed by atoms with van der Waals surface area (Å²) in [5.74, 6) is -1.25. The van der Waals surface area contributed by atoms with E-state index in [2.05, 4.69) is 20.1 Å². The first-order chi connectivity index (χ1) is 10.4. The van der Waals surface area contributed by atoms with Gasteiger partial charge in [-0.05, 0) is 18.1 Å². The first-order valence-electron chi connectivity index (χ1n) is 6.73. The van der Waals surface area contributed by atoms with Crippen molar-refractivity contribution in [1.29, 1.82) is 0 Å². The molecular formula is C15H20N2O5. The van der Waals surface area contributed by atoms with Gasteiger partial charge in [-0.1, -0.05) is 26.0 Å². The number of ether oxygens (including phenoxy) is 2. The Kier molecular flexibility index (Phi) is 6.37. The standard InChI is InChI=1S/C15H20N2O5/c1-9(2)12(14(19)22-4)17-15(20)16-11-8-6-5-7-10(11)13(18)21-3/h5-9,12H,1-4H3,(H2,16,17,20). The topological polar surface area (TPSA) is 93.7 Å². The third kappa shape index (κ3) is 4.47. The van der Waals surface area contributed by atoms with E-state index in [1.807, 2.05) is 0 Å². The van der Waals surface area contributed by atoms with Gasteiger partial charge in [0.1, 0.15) is 6.04 Å². The zero-order chi connectivity index (χ0) is 16.7. The van der Waals surface area contributed by atoms with Crippen molar-refractivity contribution in [2.75, 3.05) is 19.5 Å². The van der Waals surface area contributed by atoms with Gasteiger partial charge < -0.3 is 20.1 Å². The van der Waals surface area contributed by atoms with E-state index >= 15 is 0 Å². The molecule has 0 radical (unpaired) electrons. The van der Waals surface area contributed by atoms with Gasteiger partial charge in [-0.2, -0.15) is 0 Å². The normalized spacial score (nSPS) is 11.5. The highest BCUT2D eigenvalue weighted by Crippen LogP contribution is 2.16. The minimum atomic E-state index is -0.782. The third-order valence-electron chi connectivity index (χ3n) is 2.99. The molecule has 7 heteroatoms. The predicted octanol–water partition coefficient (Wildman–Crippen LogP) is 1.79. The van der Waals surface area contributed by atoms with Gasteiger partial charge in [0.15, 0.2) is 0 Å². The molecule has 1 rings (SSSR count). The largest absolute Gasteiger partial charge is 0.467 e. The van der Waals surface area contributed by atoms with Crippen LogP contribution in [0.25, 0.3) is 0 Å². The summed E-state index contributed by atoms with van der Waals surface area (Å²) in [7, 11) is 2.51. The van der Waals surface area contributed by atoms with E-state index in [-0.39, 0.29) is 11.5 Å². The summed E-state index contributed by atoms with van der Waals surface area (Å²) in [5.41, 5.74) is 0.513. The molecule has 2 amide bonds. The number of esters is 2. The Hall–Kier alpha value is -2.57. The number of hydrogen-bond donors (Lipinski definition) is 2. The van der Waals surface area contributed by atoms with E-state index in [0.717, 1.165) is 0 Å². The van der Waals surface area contributed by atoms with Crippen LogP contribution in [0, 0.1) is 5.92 Å². The highest BCUT2D eigenvalue weighted by Gasteiger charge is 2.25. The highest BCUT2D eigenvalue weighted by molar-refractivity contribution is 6.01. The molecule has 0 bridgehead atoms. The highest BCUT2D eigenvalue weighted by atomic mass is 16.5. The Balaban J connectivity index is 2.85. The fourth-order valence-corrected chi connectivity index (χ4v) is 1.80. The van der Waals surface area contributed by atoms with Gasteiger partial charge in [-0.15, -0.1) is 0 Å². The van der Waals surface area contributed by atoms with Gasteiger partial charge in [0.05, 0.1) is 25.5 Å². The van der Waals surface area contributed by atoms with Gasteiger partial charge >= 0.3 is 18.0 Å². The van der Waals surface area contributed by atoms with Crippen molar-refractivity contribution in [2.45, 2.75) is 19.9 Å². The quantitative estimate of drug-likeness (QED) is 0.809. The molecule has 0 aliphatic carbocycles. The van der Waals surface area contributed by atoms with E-state index in [9.17, 15) is 14.4 Å². The molecular weight excluding hydrogens is 288 g/mol. The van der Waals surface area contributed by atoms with E-state index < -0.39 is 24.0 Å². The average molecular weight is 308 g/mol. The second-order valence-corrected chi connectivity index (χ2v) is 4.88. The number of anilines is 1. The Bertz CT molecular complexity index is 557. The van der Waals surface area contributed by atoms with Gasteiger partial charge in [0.25, 0.3) is 0 Å². The molecule has 0 aliphatic heterocycles. The first-order valence-corrected chi connectivity index (χ1v) is 6.73. The summed E-state index contributed by atoms with van der Waals surface area (Å²) < 4.78 is 9.30. The summed E-state index contributed by atoms with van der Waals surface area (Å²) >= 11 is 0. The van der Waals surface area contributed by atoms with Crippen molar-refractivity contribution in [2.24, 2.45) is 5.92 Å². The number of urea groups is 1. The van der Waals surface area contributed by atoms with E-state index in [1.165, 1.54) is 20.3 Å². The Morgan fingerprint density at radius 1 is 1.05 bits per heavy atom. The summed E-state index contributed by atoms with van der Waals surface area (Å²) in [4.78, 5) is 35.3. The number of benzene rings is 1. The lowest BCUT2D eigenvalue weighted by Crippen LogP contribution is -2.46. The van der Waals surface area contributed by atoms with Crippen LogP contribution >= 0.6 is 0 Å². The van der Waals surface area contributed by atoms with E-state index in [0.29, 0.717) is 5.69 Å². The smallest absolute Gasteiger partial charge is 0.339 e. The fraction of sp³-hybridized carbons (Fsp3) is 0.400. The molecule has 2 N–H and O–H groups in total. The lowest BCUT2D eigenvalue weighted by molar-refractivity contribution is -0.143. The maximum absolute atomic E-state index is 12.0. The number of methoxy groups -OCH3 is 2. The number of amides is 2. The van der Waals surface area contributed by atoms with Gasteiger partial charge in [-0.3, -0.25) is 0 Å². The second-order valence-electron chi connectivity index (χ2n) is 4.88. The van der Waals surface area contributed by atoms with Gasteiger partial charge in [0, 0.05) is 0 Å². The van der Waals surface area contributed by atoms with Gasteiger partial charge in [0.2, 0.25) is 0 Å². The number of hydrogen-bond acceptors (Lipinski definition) is 5. The zero-order valence-electron chi connectivity index (χ0n) is 13.0. The van der Waals surface area contributed by atoms with Crippen LogP contribution in [0.5, 0.6) is 0 Å². The minimum Gasteiger partial charge on any atom is -0.467 e. The SMILES string of the molecule is COC(=O)c1ccccc1NC(=O)NC(C(=O)OC)C(C)C. The molecule has 7 nitrogen and oxygen atoms in total. The average Bonchev–Trinajstić information content (AvgIpc) is 2.51. The van der Waals surface area contributed by atoms with Crippen molar-refractivity contribution in [1.82, 2.24) is 5.32 Å². The van der Waals surface area contributed by atoms with Crippen LogP contribution in [0.4, 0.5) is 10.5 Å². The fourth-order valence-electron chi connectivity index (χ4n) is 1.80. The number of rotatable bonds is 5. The number of carbonyl (C=O) groups excluding carboxylic acids is 3. The Labute approximate surface area is 129 Å². The van der Waals surface area contributed by atoms with Crippen LogP contribution < -0.4 is 10.6 Å². The molecule has 0 saturated heterocycles. The second kappa shape index (κ2) is 8.02. The first kappa shape index (κ1) is 17.5. The van der Waals surface area contributed by atoms with Crippen molar-refractivity contribution < 1.29 is 23.9 Å². The Morgan fingerprint density at radius 3 is 2.23 bits per heavy atom. The molecule has 0 aromatic heterocycles. The van der Waals surface area contributed by atoms with Crippen molar-refractivity contribution in [3.05, 3.63) is 29.8 Å². The zero-order valence-corrected chi connectivity index (χ0v) is 13.0. The summed E-state index contributed by atoms with van der Waals surface area (Å²) in [5, 5.41) is 5.05. The monoisotopic (exact) mass is 308 g/mol. The number of nitrogens with one attached hydrogen (secondary N) is 2. The van der Waals surface area contributed by atoms with E-state index in [1.54, 1.807) is 32.0 Å². The number of para-hydroxylation sites is 1. The molecule has 22 heavy (non-hydrogen) atoms. The van der Waals surface area contributed by atoms with Crippen molar-refractivity contribution in [3.63, 3.8) is 0 Å². The molecule has 0 fully saturated rings. The molecule has 120 valence electrons. The molecule has 1 aromatic rings. The van der Waals surface area contributed by atoms with Crippen molar-refractivity contribution in [3.8, 4) is 0 Å². The maximum Gasteiger partial charge on any atom is 0.339 e. The van der Waals surface area contributed by atoms with Crippen LogP contribution in [0.15, 0.2) is 24.3 Å². The van der Waals surface area contributed by atoms with Crippen LogP contribution in [0.3, 0.4) is 0 Å². The molecule has 1 unspecified atom stereocenters. The lowest BCUT2D eigenvalue weighted by Gasteiger charge is -2.20. The number of carbonyl (C=O) groups is 3. The van der Waals surface area contributed by atoms with Crippen LogP contribution in [-0.4, -0.2) is 38.2 Å². The van der Waals surface area contributed by atoms with E-state index in [4.69, 9.17) is 0 Å². The van der Waals surface area contributed by atoms with Gasteiger partial charge in [-0.25, -0.2) is 14.4 Å². The van der Waals surface area contributed by atoms with Crippen LogP contribution in [0.1, 0.15) is 24.2 Å². The summed E-state index contributed by atoms with van der Waals surface area (Å²) in [6, 6.07) is 5.02. The van der Waals surface area contributed by atoms with Crippen LogP contribution in [-0.2, 0) is 14.3 Å². The Morgan fingerprint density at radius 2 is 1.68 bits per heavy atom. The predicted molar refractivity (Wildman–Crippen MR) is 80.6 cm³/mol. The molecule has 0 spiro atoms. The third-order valence-corrected chi connectivity index (χ3v) is 2.99. The molecule has 0 heterocycles. The van der Waals surface area contributed by atoms with Crippen molar-refractivity contribution >= 4 is 23.7 Å². The summed E-state index contributed by atoms with van der Waals surface area (Å²) in [6.45, 7) is 3.56. The van der Waals surface area contributed by atoms with Crippen LogP contribution in [0.2, 0.25) is 0 Å². The molecule has 1 atom stereocenters.